The summed E-state index contributed by atoms with van der Waals surface area (Å²) in [6, 6.07) is 0. The van der Waals surface area contributed by atoms with Crippen molar-refractivity contribution in [2.24, 2.45) is 0 Å². The molecule has 8 nitrogen and oxygen atoms in total. The molecule has 8 heteroatoms. The van der Waals surface area contributed by atoms with Gasteiger partial charge in [-0.1, -0.05) is 0 Å². The van der Waals surface area contributed by atoms with E-state index in [9.17, 15) is 9.90 Å². The fraction of sp³-hybridized carbons (Fsp3) is 0.800. The Kier molecular flexibility index (Phi) is 3.58. The number of morpholine rings is 1. The summed E-state index contributed by atoms with van der Waals surface area (Å²) >= 11 is 0. The van der Waals surface area contributed by atoms with Crippen LogP contribution in [-0.2, 0) is 21.6 Å². The van der Waals surface area contributed by atoms with Crippen molar-refractivity contribution >= 4 is 5.97 Å². The monoisotopic (exact) mass is 255 g/mol. The third-order valence-electron chi connectivity index (χ3n) is 3.06. The van der Waals surface area contributed by atoms with Gasteiger partial charge in [0.25, 0.3) is 0 Å². The summed E-state index contributed by atoms with van der Waals surface area (Å²) in [7, 11) is 0. The summed E-state index contributed by atoms with van der Waals surface area (Å²) in [5, 5.41) is 20.5. The molecule has 0 atom stereocenters. The van der Waals surface area contributed by atoms with Gasteiger partial charge in [0.15, 0.2) is 11.4 Å². The van der Waals surface area contributed by atoms with Gasteiger partial charge in [0, 0.05) is 13.1 Å². The molecule has 0 bridgehead atoms. The van der Waals surface area contributed by atoms with Crippen LogP contribution in [0.4, 0.5) is 0 Å². The lowest BCUT2D eigenvalue weighted by atomic mass is 10.1. The maximum Gasteiger partial charge on any atom is 0.331 e. The lowest BCUT2D eigenvalue weighted by Crippen LogP contribution is -2.41. The van der Waals surface area contributed by atoms with Crippen LogP contribution in [-0.4, -0.2) is 62.5 Å². The molecule has 18 heavy (non-hydrogen) atoms. The fourth-order valence-electron chi connectivity index (χ4n) is 1.79. The zero-order valence-corrected chi connectivity index (χ0v) is 10.5. The Labute approximate surface area is 105 Å². The van der Waals surface area contributed by atoms with Crippen LogP contribution in [0, 0.1) is 0 Å². The smallest absolute Gasteiger partial charge is 0.331 e. The van der Waals surface area contributed by atoms with Gasteiger partial charge in [-0.15, -0.1) is 5.10 Å². The van der Waals surface area contributed by atoms with Crippen molar-refractivity contribution in [1.82, 2.24) is 25.1 Å². The molecule has 1 aliphatic rings. The molecule has 1 aromatic rings. The fourth-order valence-corrected chi connectivity index (χ4v) is 1.79. The molecule has 1 saturated heterocycles. The highest BCUT2D eigenvalue weighted by Gasteiger charge is 2.33. The second-order valence-electron chi connectivity index (χ2n) is 4.76. The second kappa shape index (κ2) is 4.99. The van der Waals surface area contributed by atoms with Gasteiger partial charge in [0.2, 0.25) is 0 Å². The Morgan fingerprint density at radius 1 is 1.44 bits per heavy atom. The van der Waals surface area contributed by atoms with Crippen LogP contribution in [0.1, 0.15) is 19.7 Å². The number of nitrogens with zero attached hydrogens (tertiary/aromatic N) is 5. The zero-order chi connectivity index (χ0) is 13.2. The molecular formula is C10H17N5O3. The Hall–Kier alpha value is -1.54. The Morgan fingerprint density at radius 3 is 2.72 bits per heavy atom. The number of ether oxygens (including phenoxy) is 1. The molecular weight excluding hydrogens is 238 g/mol. The first-order valence-corrected chi connectivity index (χ1v) is 5.83. The van der Waals surface area contributed by atoms with Crippen LogP contribution < -0.4 is 0 Å². The second-order valence-corrected chi connectivity index (χ2v) is 4.76. The molecule has 0 radical (unpaired) electrons. The molecule has 2 heterocycles. The number of carbonyl (C=O) groups is 1. The van der Waals surface area contributed by atoms with Crippen LogP contribution in [0.5, 0.6) is 0 Å². The van der Waals surface area contributed by atoms with Gasteiger partial charge in [-0.3, -0.25) is 4.90 Å². The highest BCUT2D eigenvalue weighted by atomic mass is 16.5. The van der Waals surface area contributed by atoms with Crippen molar-refractivity contribution in [2.45, 2.75) is 25.9 Å². The van der Waals surface area contributed by atoms with Crippen molar-refractivity contribution < 1.29 is 14.6 Å². The van der Waals surface area contributed by atoms with Crippen molar-refractivity contribution in [2.75, 3.05) is 26.3 Å². The Balaban J connectivity index is 2.14. The van der Waals surface area contributed by atoms with Gasteiger partial charge >= 0.3 is 5.97 Å². The molecule has 2 rings (SSSR count). The summed E-state index contributed by atoms with van der Waals surface area (Å²) < 4.78 is 6.63. The van der Waals surface area contributed by atoms with Gasteiger partial charge in [-0.25, -0.2) is 9.48 Å². The molecule has 1 fully saturated rings. The summed E-state index contributed by atoms with van der Waals surface area (Å²) in [5.41, 5.74) is -1.15. The molecule has 0 spiro atoms. The van der Waals surface area contributed by atoms with Gasteiger partial charge in [0.1, 0.15) is 0 Å². The van der Waals surface area contributed by atoms with Crippen molar-refractivity contribution in [3.63, 3.8) is 0 Å². The highest BCUT2D eigenvalue weighted by Crippen LogP contribution is 2.16. The standard InChI is InChI=1S/C10H17N5O3/c1-10(2,9(16)17)15-8(11-12-13-15)7-14-3-5-18-6-4-14/h3-7H2,1-2H3,(H,16,17). The molecule has 0 amide bonds. The molecule has 0 aromatic carbocycles. The van der Waals surface area contributed by atoms with Crippen LogP contribution in [0.15, 0.2) is 0 Å². The van der Waals surface area contributed by atoms with E-state index in [1.807, 2.05) is 0 Å². The number of aromatic nitrogens is 4. The Morgan fingerprint density at radius 2 is 2.11 bits per heavy atom. The third-order valence-corrected chi connectivity index (χ3v) is 3.06. The highest BCUT2D eigenvalue weighted by molar-refractivity contribution is 5.75. The van der Waals surface area contributed by atoms with E-state index in [1.165, 1.54) is 4.68 Å². The van der Waals surface area contributed by atoms with E-state index < -0.39 is 11.5 Å². The van der Waals surface area contributed by atoms with E-state index in [0.29, 0.717) is 25.6 Å². The maximum absolute atomic E-state index is 11.2. The number of rotatable bonds is 4. The summed E-state index contributed by atoms with van der Waals surface area (Å²) in [5.74, 6) is -0.401. The zero-order valence-electron chi connectivity index (χ0n) is 10.5. The van der Waals surface area contributed by atoms with Crippen LogP contribution >= 0.6 is 0 Å². The SMILES string of the molecule is CC(C)(C(=O)O)n1nnnc1CN1CCOCC1. The third kappa shape index (κ3) is 2.49. The number of hydrogen-bond donors (Lipinski definition) is 1. The number of carboxylic acids is 1. The minimum atomic E-state index is -1.15. The first-order valence-electron chi connectivity index (χ1n) is 5.83. The van der Waals surface area contributed by atoms with E-state index in [0.717, 1.165) is 13.1 Å². The first-order chi connectivity index (χ1) is 8.51. The molecule has 0 saturated carbocycles. The van der Waals surface area contributed by atoms with Crippen LogP contribution in [0.25, 0.3) is 0 Å². The summed E-state index contributed by atoms with van der Waals surface area (Å²) in [6.45, 7) is 6.67. The number of aliphatic carboxylic acids is 1. The van der Waals surface area contributed by atoms with E-state index in [1.54, 1.807) is 13.8 Å². The topological polar surface area (TPSA) is 93.4 Å². The maximum atomic E-state index is 11.2. The molecule has 0 aliphatic carbocycles. The van der Waals surface area contributed by atoms with Crippen LogP contribution in [0.3, 0.4) is 0 Å². The number of hydrogen-bond acceptors (Lipinski definition) is 6. The quantitative estimate of drug-likeness (QED) is 0.762. The van der Waals surface area contributed by atoms with E-state index >= 15 is 0 Å². The van der Waals surface area contributed by atoms with E-state index in [4.69, 9.17) is 4.74 Å². The number of tetrazole rings is 1. The minimum Gasteiger partial charge on any atom is -0.479 e. The predicted octanol–water partition coefficient (Wildman–Crippen LogP) is -0.675. The van der Waals surface area contributed by atoms with Gasteiger partial charge < -0.3 is 9.84 Å². The lowest BCUT2D eigenvalue weighted by Gasteiger charge is -2.27. The molecule has 1 aliphatic heterocycles. The van der Waals surface area contributed by atoms with Gasteiger partial charge in [-0.05, 0) is 24.3 Å². The van der Waals surface area contributed by atoms with Crippen molar-refractivity contribution in [1.29, 1.82) is 0 Å². The normalized spacial score (nSPS) is 17.9. The Bertz CT molecular complexity index is 425. The average molecular weight is 255 g/mol. The predicted molar refractivity (Wildman–Crippen MR) is 60.9 cm³/mol. The first kappa shape index (κ1) is 12.9. The van der Waals surface area contributed by atoms with Gasteiger partial charge in [0.05, 0.1) is 19.8 Å². The van der Waals surface area contributed by atoms with Crippen molar-refractivity contribution in [3.05, 3.63) is 5.82 Å². The van der Waals surface area contributed by atoms with E-state index in [-0.39, 0.29) is 0 Å². The lowest BCUT2D eigenvalue weighted by molar-refractivity contribution is -0.146. The largest absolute Gasteiger partial charge is 0.479 e. The minimum absolute atomic E-state index is 0.535. The van der Waals surface area contributed by atoms with Gasteiger partial charge in [-0.2, -0.15) is 0 Å². The summed E-state index contributed by atoms with van der Waals surface area (Å²) in [4.78, 5) is 13.4. The van der Waals surface area contributed by atoms with Crippen molar-refractivity contribution in [3.8, 4) is 0 Å². The molecule has 1 N–H and O–H groups in total. The molecule has 1 aromatic heterocycles. The summed E-state index contributed by atoms with van der Waals surface area (Å²) in [6.07, 6.45) is 0. The molecule has 100 valence electrons. The van der Waals surface area contributed by atoms with Crippen LogP contribution in [0.2, 0.25) is 0 Å². The van der Waals surface area contributed by atoms with E-state index in [2.05, 4.69) is 20.4 Å². The molecule has 0 unspecified atom stereocenters. The number of carboxylic acid groups (broad SMARTS) is 1. The average Bonchev–Trinajstić information content (AvgIpc) is 2.79.